The van der Waals surface area contributed by atoms with Crippen LogP contribution < -0.4 is 20.5 Å². The van der Waals surface area contributed by atoms with Crippen LogP contribution in [0.1, 0.15) is 13.8 Å². The Hall–Kier alpha value is -2.35. The Labute approximate surface area is 115 Å². The summed E-state index contributed by atoms with van der Waals surface area (Å²) in [7, 11) is 0. The maximum Gasteiger partial charge on any atom is 0.420 e. The molecule has 8 nitrogen and oxygen atoms in total. The van der Waals surface area contributed by atoms with Gasteiger partial charge in [0.2, 0.25) is 11.8 Å². The van der Waals surface area contributed by atoms with Crippen molar-refractivity contribution in [3.8, 4) is 17.5 Å². The van der Waals surface area contributed by atoms with Gasteiger partial charge in [-0.2, -0.15) is 4.98 Å². The number of carbonyl (C=O) groups excluding carboxylic acids is 2. The third-order valence-corrected chi connectivity index (χ3v) is 2.00. The van der Waals surface area contributed by atoms with Gasteiger partial charge in [-0.15, -0.1) is 0 Å². The Morgan fingerprint density at radius 2 is 2.15 bits per heavy atom. The van der Waals surface area contributed by atoms with Crippen LogP contribution in [-0.4, -0.2) is 35.2 Å². The molecule has 0 spiro atoms. The lowest BCUT2D eigenvalue weighted by Gasteiger charge is -2.10. The molecule has 0 aliphatic rings. The molecule has 4 N–H and O–H groups in total. The molecule has 2 amide bonds. The molecule has 110 valence electrons. The number of hydrogen-bond donors (Lipinski definition) is 3. The fourth-order valence-corrected chi connectivity index (χ4v) is 1.10. The van der Waals surface area contributed by atoms with Gasteiger partial charge in [0.1, 0.15) is 0 Å². The van der Waals surface area contributed by atoms with Gasteiger partial charge in [-0.3, -0.25) is 10.1 Å². The molecule has 8 heteroatoms. The molecule has 1 rings (SSSR count). The van der Waals surface area contributed by atoms with Crippen LogP contribution >= 0.6 is 0 Å². The number of nitrogens with zero attached hydrogens (tertiary/aromatic N) is 1. The average Bonchev–Trinajstić information content (AvgIpc) is 2.39. The predicted molar refractivity (Wildman–Crippen MR) is 69.5 cm³/mol. The van der Waals surface area contributed by atoms with E-state index in [2.05, 4.69) is 4.98 Å². The third kappa shape index (κ3) is 5.11. The number of hydrogen-bond acceptors (Lipinski definition) is 7. The highest BCUT2D eigenvalue weighted by Gasteiger charge is 2.14. The molecule has 1 aromatic heterocycles. The topological polar surface area (TPSA) is 124 Å². The molecule has 0 bridgehead atoms. The van der Waals surface area contributed by atoms with Crippen LogP contribution in [-0.2, 0) is 4.79 Å². The Morgan fingerprint density at radius 3 is 2.75 bits per heavy atom. The number of aromatic nitrogens is 1. The second-order valence-electron chi connectivity index (χ2n) is 4.32. The van der Waals surface area contributed by atoms with Gasteiger partial charge in [0, 0.05) is 6.07 Å². The van der Waals surface area contributed by atoms with E-state index in [-0.39, 0.29) is 24.1 Å². The number of ether oxygens (including phenoxy) is 2. The van der Waals surface area contributed by atoms with Crippen molar-refractivity contribution in [2.75, 3.05) is 13.2 Å². The molecule has 0 aliphatic heterocycles. The van der Waals surface area contributed by atoms with Gasteiger partial charge < -0.3 is 20.3 Å². The normalized spacial score (nSPS) is 10.2. The molecule has 0 aromatic carbocycles. The molecule has 0 atom stereocenters. The quantitative estimate of drug-likeness (QED) is 0.714. The summed E-state index contributed by atoms with van der Waals surface area (Å²) in [5.74, 6) is -0.919. The van der Waals surface area contributed by atoms with Gasteiger partial charge in [0.25, 0.3) is 5.88 Å². The number of imide groups is 1. The van der Waals surface area contributed by atoms with Gasteiger partial charge in [-0.25, -0.2) is 4.79 Å². The monoisotopic (exact) mass is 283 g/mol. The maximum atomic E-state index is 11.3. The number of pyridine rings is 1. The second-order valence-corrected chi connectivity index (χ2v) is 4.32. The molecular formula is C12H17N3O5. The van der Waals surface area contributed by atoms with E-state index in [9.17, 15) is 14.7 Å². The van der Waals surface area contributed by atoms with Crippen molar-refractivity contribution in [3.63, 3.8) is 0 Å². The first-order valence-electron chi connectivity index (χ1n) is 5.97. The van der Waals surface area contributed by atoms with Gasteiger partial charge in [-0.1, -0.05) is 13.8 Å². The van der Waals surface area contributed by atoms with E-state index >= 15 is 0 Å². The van der Waals surface area contributed by atoms with Crippen LogP contribution in [0.5, 0.6) is 17.5 Å². The average molecular weight is 283 g/mol. The van der Waals surface area contributed by atoms with E-state index in [4.69, 9.17) is 15.2 Å². The highest BCUT2D eigenvalue weighted by Crippen LogP contribution is 2.26. The van der Waals surface area contributed by atoms with Crippen molar-refractivity contribution in [2.45, 2.75) is 13.8 Å². The molecule has 1 heterocycles. The molecular weight excluding hydrogens is 266 g/mol. The van der Waals surface area contributed by atoms with Crippen LogP contribution in [0.4, 0.5) is 4.79 Å². The Kier molecular flexibility index (Phi) is 5.73. The fourth-order valence-electron chi connectivity index (χ4n) is 1.10. The Bertz CT molecular complexity index is 490. The summed E-state index contributed by atoms with van der Waals surface area (Å²) in [4.78, 5) is 26.0. The van der Waals surface area contributed by atoms with E-state index in [1.54, 1.807) is 0 Å². The van der Waals surface area contributed by atoms with Crippen LogP contribution in [0.3, 0.4) is 0 Å². The van der Waals surface area contributed by atoms with E-state index in [1.165, 1.54) is 12.1 Å². The largest absolute Gasteiger partial charge is 0.503 e. The SMILES string of the molecule is CC(C)COc1ccc(O)c(OC(=O)NC(=O)CN)n1. The van der Waals surface area contributed by atoms with Crippen LogP contribution in [0.2, 0.25) is 0 Å². The smallest absolute Gasteiger partial charge is 0.420 e. The fraction of sp³-hybridized carbons (Fsp3) is 0.417. The summed E-state index contributed by atoms with van der Waals surface area (Å²) in [5.41, 5.74) is 5.03. The lowest BCUT2D eigenvalue weighted by molar-refractivity contribution is -0.118. The molecule has 0 fully saturated rings. The molecule has 1 aromatic rings. The molecule has 0 saturated carbocycles. The van der Waals surface area contributed by atoms with Crippen LogP contribution in [0.15, 0.2) is 12.1 Å². The van der Waals surface area contributed by atoms with Crippen molar-refractivity contribution in [2.24, 2.45) is 11.7 Å². The minimum absolute atomic E-state index is 0.199. The number of rotatable bonds is 5. The molecule has 0 radical (unpaired) electrons. The Balaban J connectivity index is 2.71. The summed E-state index contributed by atoms with van der Waals surface area (Å²) in [6.45, 7) is 3.99. The first kappa shape index (κ1) is 15.7. The maximum absolute atomic E-state index is 11.3. The number of amides is 2. The zero-order chi connectivity index (χ0) is 15.1. The number of carbonyl (C=O) groups is 2. The van der Waals surface area contributed by atoms with E-state index in [1.807, 2.05) is 19.2 Å². The lowest BCUT2D eigenvalue weighted by atomic mass is 10.2. The summed E-state index contributed by atoms with van der Waals surface area (Å²) >= 11 is 0. The zero-order valence-corrected chi connectivity index (χ0v) is 11.3. The van der Waals surface area contributed by atoms with Crippen molar-refractivity contribution in [1.82, 2.24) is 10.3 Å². The summed E-state index contributed by atoms with van der Waals surface area (Å²) in [5, 5.41) is 11.4. The molecule has 0 aliphatic carbocycles. The number of aromatic hydroxyl groups is 1. The lowest BCUT2D eigenvalue weighted by Crippen LogP contribution is -2.37. The van der Waals surface area contributed by atoms with Crippen molar-refractivity contribution in [3.05, 3.63) is 12.1 Å². The predicted octanol–water partition coefficient (Wildman–Crippen LogP) is 0.396. The molecule has 0 saturated heterocycles. The third-order valence-electron chi connectivity index (χ3n) is 2.00. The van der Waals surface area contributed by atoms with Gasteiger partial charge >= 0.3 is 6.09 Å². The first-order chi connectivity index (χ1) is 9.42. The van der Waals surface area contributed by atoms with Crippen molar-refractivity contribution < 1.29 is 24.2 Å². The standard InChI is InChI=1S/C12H17N3O5/c1-7(2)6-19-10-4-3-8(16)11(15-10)20-12(18)14-9(17)5-13/h3-4,7,16H,5-6,13H2,1-2H3,(H,14,17,18). The second kappa shape index (κ2) is 7.29. The van der Waals surface area contributed by atoms with E-state index in [0.717, 1.165) is 0 Å². The minimum atomic E-state index is -1.08. The number of nitrogens with one attached hydrogen (secondary N) is 1. The summed E-state index contributed by atoms with van der Waals surface area (Å²) in [6, 6.07) is 2.71. The Morgan fingerprint density at radius 1 is 1.45 bits per heavy atom. The van der Waals surface area contributed by atoms with Crippen molar-refractivity contribution in [1.29, 1.82) is 0 Å². The van der Waals surface area contributed by atoms with E-state index in [0.29, 0.717) is 12.5 Å². The van der Waals surface area contributed by atoms with Gasteiger partial charge in [0.15, 0.2) is 5.75 Å². The summed E-state index contributed by atoms with van der Waals surface area (Å²) < 4.78 is 10.0. The van der Waals surface area contributed by atoms with Gasteiger partial charge in [0.05, 0.1) is 13.2 Å². The zero-order valence-electron chi connectivity index (χ0n) is 11.3. The minimum Gasteiger partial charge on any atom is -0.503 e. The van der Waals surface area contributed by atoms with Crippen LogP contribution in [0.25, 0.3) is 0 Å². The first-order valence-corrected chi connectivity index (χ1v) is 5.97. The molecule has 0 unspecified atom stereocenters. The highest BCUT2D eigenvalue weighted by molar-refractivity contribution is 5.93. The summed E-state index contributed by atoms with van der Waals surface area (Å²) in [6.07, 6.45) is -1.08. The van der Waals surface area contributed by atoms with E-state index < -0.39 is 12.0 Å². The van der Waals surface area contributed by atoms with Gasteiger partial charge in [-0.05, 0) is 12.0 Å². The van der Waals surface area contributed by atoms with Crippen molar-refractivity contribution >= 4 is 12.0 Å². The van der Waals surface area contributed by atoms with Crippen LogP contribution in [0, 0.1) is 5.92 Å². The molecule has 20 heavy (non-hydrogen) atoms. The highest BCUT2D eigenvalue weighted by atomic mass is 16.6. The number of nitrogens with two attached hydrogens (primary N) is 1.